The van der Waals surface area contributed by atoms with Gasteiger partial charge in [0.1, 0.15) is 5.82 Å². The summed E-state index contributed by atoms with van der Waals surface area (Å²) in [5.74, 6) is 0.215. The third kappa shape index (κ3) is 4.97. The predicted octanol–water partition coefficient (Wildman–Crippen LogP) is 1.89. The number of nitrogens with zero attached hydrogens (tertiary/aromatic N) is 3. The molecule has 1 aromatic rings. The number of amides is 1. The van der Waals surface area contributed by atoms with E-state index in [9.17, 15) is 18.0 Å². The molecule has 2 rings (SSSR count). The molecule has 1 saturated heterocycles. The van der Waals surface area contributed by atoms with Gasteiger partial charge >= 0.3 is 6.18 Å². The van der Waals surface area contributed by atoms with E-state index in [-0.39, 0.29) is 24.2 Å². The molecule has 0 aromatic carbocycles. The number of carbonyl (C=O) groups is 1. The van der Waals surface area contributed by atoms with Crippen LogP contribution in [-0.2, 0) is 11.0 Å². The maximum atomic E-state index is 13.0. The summed E-state index contributed by atoms with van der Waals surface area (Å²) < 4.78 is 39.1. The average Bonchev–Trinajstić information content (AvgIpc) is 2.45. The monoisotopic (exact) mass is 331 g/mol. The maximum absolute atomic E-state index is 13.0. The van der Waals surface area contributed by atoms with Gasteiger partial charge in [0.15, 0.2) is 5.69 Å². The number of nitrogens with one attached hydrogen (secondary N) is 2. The highest BCUT2D eigenvalue weighted by Gasteiger charge is 2.34. The highest BCUT2D eigenvalue weighted by atomic mass is 19.4. The molecule has 0 radical (unpaired) electrons. The summed E-state index contributed by atoms with van der Waals surface area (Å²) >= 11 is 0. The van der Waals surface area contributed by atoms with E-state index in [1.165, 1.54) is 4.90 Å². The molecule has 0 atom stereocenters. The number of rotatable bonds is 5. The molecule has 0 spiro atoms. The standard InChI is InChI=1S/C14H20F3N5O/c1-9(2)3-4-19-13-20-10(14(15,16)17)7-11(21-13)22-6-5-18-12(23)8-22/h7,9H,3-6,8H2,1-2H3,(H,18,23)(H,19,20,21). The Labute approximate surface area is 132 Å². The average molecular weight is 331 g/mol. The molecular formula is C14H20F3N5O. The topological polar surface area (TPSA) is 70.2 Å². The van der Waals surface area contributed by atoms with Crippen LogP contribution >= 0.6 is 0 Å². The first-order valence-electron chi connectivity index (χ1n) is 7.47. The Hall–Kier alpha value is -2.06. The minimum absolute atomic E-state index is 0.0141. The molecule has 6 nitrogen and oxygen atoms in total. The van der Waals surface area contributed by atoms with Crippen LogP contribution in [0, 0.1) is 5.92 Å². The van der Waals surface area contributed by atoms with Crippen molar-refractivity contribution in [1.82, 2.24) is 15.3 Å². The van der Waals surface area contributed by atoms with Gasteiger partial charge in [0, 0.05) is 25.7 Å². The molecule has 1 amide bonds. The Balaban J connectivity index is 2.24. The lowest BCUT2D eigenvalue weighted by molar-refractivity contribution is -0.141. The maximum Gasteiger partial charge on any atom is 0.433 e. The van der Waals surface area contributed by atoms with Crippen LogP contribution in [0.4, 0.5) is 24.9 Å². The van der Waals surface area contributed by atoms with Crippen LogP contribution in [0.5, 0.6) is 0 Å². The molecule has 1 aliphatic heterocycles. The van der Waals surface area contributed by atoms with Crippen LogP contribution < -0.4 is 15.5 Å². The summed E-state index contributed by atoms with van der Waals surface area (Å²) in [5.41, 5.74) is -1.01. The molecule has 1 aromatic heterocycles. The Morgan fingerprint density at radius 3 is 2.74 bits per heavy atom. The molecule has 0 unspecified atom stereocenters. The lowest BCUT2D eigenvalue weighted by Gasteiger charge is -2.28. The van der Waals surface area contributed by atoms with E-state index in [0.717, 1.165) is 12.5 Å². The molecule has 2 heterocycles. The van der Waals surface area contributed by atoms with E-state index in [1.807, 2.05) is 13.8 Å². The van der Waals surface area contributed by atoms with E-state index >= 15 is 0 Å². The Morgan fingerprint density at radius 2 is 2.13 bits per heavy atom. The zero-order chi connectivity index (χ0) is 17.0. The second kappa shape index (κ2) is 7.01. The fraction of sp³-hybridized carbons (Fsp3) is 0.643. The van der Waals surface area contributed by atoms with E-state index in [4.69, 9.17) is 0 Å². The van der Waals surface area contributed by atoms with Crippen molar-refractivity contribution in [2.75, 3.05) is 36.4 Å². The minimum Gasteiger partial charge on any atom is -0.354 e. The van der Waals surface area contributed by atoms with Crippen LogP contribution in [0.1, 0.15) is 26.0 Å². The summed E-state index contributed by atoms with van der Waals surface area (Å²) in [6.45, 7) is 5.29. The summed E-state index contributed by atoms with van der Waals surface area (Å²) in [6, 6.07) is 0.881. The number of aromatic nitrogens is 2. The van der Waals surface area contributed by atoms with Crippen molar-refractivity contribution in [2.45, 2.75) is 26.4 Å². The zero-order valence-corrected chi connectivity index (χ0v) is 13.1. The quantitative estimate of drug-likeness (QED) is 0.862. The van der Waals surface area contributed by atoms with Crippen molar-refractivity contribution in [2.24, 2.45) is 5.92 Å². The van der Waals surface area contributed by atoms with E-state index in [0.29, 0.717) is 25.6 Å². The van der Waals surface area contributed by atoms with E-state index < -0.39 is 11.9 Å². The zero-order valence-electron chi connectivity index (χ0n) is 13.1. The molecule has 1 aliphatic rings. The van der Waals surface area contributed by atoms with Gasteiger partial charge in [-0.2, -0.15) is 18.2 Å². The van der Waals surface area contributed by atoms with Crippen LogP contribution in [0.25, 0.3) is 0 Å². The highest BCUT2D eigenvalue weighted by Crippen LogP contribution is 2.30. The molecule has 9 heteroatoms. The van der Waals surface area contributed by atoms with Crippen molar-refractivity contribution in [3.05, 3.63) is 11.8 Å². The highest BCUT2D eigenvalue weighted by molar-refractivity contribution is 5.82. The van der Waals surface area contributed by atoms with Crippen LogP contribution in [0.3, 0.4) is 0 Å². The summed E-state index contributed by atoms with van der Waals surface area (Å²) in [7, 11) is 0. The number of carbonyl (C=O) groups excluding carboxylic acids is 1. The van der Waals surface area contributed by atoms with Crippen LogP contribution in [0.2, 0.25) is 0 Å². The molecule has 2 N–H and O–H groups in total. The summed E-state index contributed by atoms with van der Waals surface area (Å²) in [5, 5.41) is 5.46. The van der Waals surface area contributed by atoms with Gasteiger partial charge in [-0.15, -0.1) is 0 Å². The van der Waals surface area contributed by atoms with Crippen molar-refractivity contribution in [3.8, 4) is 0 Å². The fourth-order valence-corrected chi connectivity index (χ4v) is 2.13. The fourth-order valence-electron chi connectivity index (χ4n) is 2.13. The first kappa shape index (κ1) is 17.3. The number of piperazine rings is 1. The smallest absolute Gasteiger partial charge is 0.354 e. The minimum atomic E-state index is -4.57. The Kier molecular flexibility index (Phi) is 5.27. The van der Waals surface area contributed by atoms with Gasteiger partial charge in [0.25, 0.3) is 0 Å². The molecule has 128 valence electrons. The molecule has 0 saturated carbocycles. The van der Waals surface area contributed by atoms with Crippen molar-refractivity contribution >= 4 is 17.7 Å². The first-order valence-corrected chi connectivity index (χ1v) is 7.47. The molecule has 0 aliphatic carbocycles. The van der Waals surface area contributed by atoms with E-state index in [2.05, 4.69) is 20.6 Å². The van der Waals surface area contributed by atoms with Crippen molar-refractivity contribution in [1.29, 1.82) is 0 Å². The second-order valence-corrected chi connectivity index (χ2v) is 5.81. The Morgan fingerprint density at radius 1 is 1.39 bits per heavy atom. The molecule has 23 heavy (non-hydrogen) atoms. The molecule has 1 fully saturated rings. The van der Waals surface area contributed by atoms with Gasteiger partial charge in [-0.3, -0.25) is 4.79 Å². The van der Waals surface area contributed by atoms with E-state index in [1.54, 1.807) is 0 Å². The van der Waals surface area contributed by atoms with Gasteiger partial charge in [-0.05, 0) is 12.3 Å². The largest absolute Gasteiger partial charge is 0.433 e. The summed E-state index contributed by atoms with van der Waals surface area (Å²) in [4.78, 5) is 20.6. The van der Waals surface area contributed by atoms with Crippen molar-refractivity contribution in [3.63, 3.8) is 0 Å². The van der Waals surface area contributed by atoms with Gasteiger partial charge in [0.05, 0.1) is 6.54 Å². The van der Waals surface area contributed by atoms with Gasteiger partial charge < -0.3 is 15.5 Å². The van der Waals surface area contributed by atoms with Gasteiger partial charge in [-0.25, -0.2) is 4.98 Å². The Bertz CT molecular complexity index is 562. The number of hydrogen-bond donors (Lipinski definition) is 2. The number of hydrogen-bond acceptors (Lipinski definition) is 5. The number of alkyl halides is 3. The van der Waals surface area contributed by atoms with Gasteiger partial charge in [0.2, 0.25) is 11.9 Å². The first-order chi connectivity index (χ1) is 10.8. The normalized spacial score (nSPS) is 15.7. The lowest BCUT2D eigenvalue weighted by Crippen LogP contribution is -2.48. The van der Waals surface area contributed by atoms with Crippen LogP contribution in [0.15, 0.2) is 6.07 Å². The number of halogens is 3. The third-order valence-electron chi connectivity index (χ3n) is 3.37. The molecular weight excluding hydrogens is 311 g/mol. The predicted molar refractivity (Wildman–Crippen MR) is 80.2 cm³/mol. The second-order valence-electron chi connectivity index (χ2n) is 5.81. The SMILES string of the molecule is CC(C)CCNc1nc(N2CCNC(=O)C2)cc(C(F)(F)F)n1. The molecule has 0 bridgehead atoms. The third-order valence-corrected chi connectivity index (χ3v) is 3.37. The lowest BCUT2D eigenvalue weighted by atomic mass is 10.1. The van der Waals surface area contributed by atoms with Crippen molar-refractivity contribution < 1.29 is 18.0 Å². The van der Waals surface area contributed by atoms with Gasteiger partial charge in [-0.1, -0.05) is 13.8 Å². The van der Waals surface area contributed by atoms with Crippen LogP contribution in [-0.4, -0.2) is 42.1 Å². The number of anilines is 2. The summed E-state index contributed by atoms with van der Waals surface area (Å²) in [6.07, 6.45) is -3.77.